The number of benzene rings is 2. The topological polar surface area (TPSA) is 145 Å². The molecule has 0 aliphatic carbocycles. The first kappa shape index (κ1) is 38.9. The van der Waals surface area contributed by atoms with Crippen molar-refractivity contribution in [3.05, 3.63) is 82.5 Å². The van der Waals surface area contributed by atoms with E-state index in [1.54, 1.807) is 49.6 Å². The first-order valence-electron chi connectivity index (χ1n) is 18.4. The second-order valence-corrected chi connectivity index (χ2v) is 14.0. The van der Waals surface area contributed by atoms with Crippen molar-refractivity contribution in [3.63, 3.8) is 0 Å². The zero-order valence-electron chi connectivity index (χ0n) is 31.4. The Hall–Kier alpha value is -5.33. The minimum absolute atomic E-state index is 0.00507. The molecule has 0 saturated carbocycles. The van der Waals surface area contributed by atoms with Gasteiger partial charge in [0.2, 0.25) is 6.41 Å². The number of carbonyl (C=O) groups is 4. The van der Waals surface area contributed by atoms with Gasteiger partial charge in [0.05, 0.1) is 11.7 Å². The Morgan fingerprint density at radius 2 is 1.64 bits per heavy atom. The van der Waals surface area contributed by atoms with Crippen LogP contribution < -0.4 is 10.2 Å². The summed E-state index contributed by atoms with van der Waals surface area (Å²) < 4.78 is 11.3. The van der Waals surface area contributed by atoms with Crippen LogP contribution in [-0.2, 0) is 31.9 Å². The number of aromatic nitrogens is 1. The number of aryl methyl sites for hydroxylation is 2. The van der Waals surface area contributed by atoms with E-state index in [0.717, 1.165) is 23.2 Å². The Morgan fingerprint density at radius 1 is 0.962 bits per heavy atom. The number of para-hydroxylation sites is 1. The fourth-order valence-corrected chi connectivity index (χ4v) is 7.02. The Bertz CT molecular complexity index is 1710. The molecule has 284 valence electrons. The molecule has 1 atom stereocenters. The molecule has 2 aliphatic rings. The number of nitrogens with one attached hydrogen (secondary N) is 1. The van der Waals surface area contributed by atoms with E-state index >= 15 is 0 Å². The molecule has 0 spiro atoms. The fourth-order valence-electron chi connectivity index (χ4n) is 7.02. The highest BCUT2D eigenvalue weighted by Crippen LogP contribution is 2.26. The molecule has 2 fully saturated rings. The number of piperidine rings is 1. The number of amides is 3. The maximum Gasteiger partial charge on any atom is 0.410 e. The molecule has 0 bridgehead atoms. The smallest absolute Gasteiger partial charge is 0.410 e. The van der Waals surface area contributed by atoms with Crippen molar-refractivity contribution < 1.29 is 33.8 Å². The summed E-state index contributed by atoms with van der Waals surface area (Å²) in [5, 5.41) is 13.6. The first-order valence-corrected chi connectivity index (χ1v) is 18.4. The number of aromatic hydroxyl groups is 1. The highest BCUT2D eigenvalue weighted by molar-refractivity contribution is 5.89. The lowest BCUT2D eigenvalue weighted by Crippen LogP contribution is -2.53. The van der Waals surface area contributed by atoms with Gasteiger partial charge in [-0.05, 0) is 87.4 Å². The van der Waals surface area contributed by atoms with Gasteiger partial charge >= 0.3 is 12.1 Å². The van der Waals surface area contributed by atoms with Gasteiger partial charge in [-0.2, -0.15) is 0 Å². The third-order valence-electron chi connectivity index (χ3n) is 9.99. The van der Waals surface area contributed by atoms with Crippen LogP contribution in [-0.4, -0.2) is 120 Å². The van der Waals surface area contributed by atoms with Crippen molar-refractivity contribution in [1.82, 2.24) is 19.7 Å². The number of phenols is 1. The highest BCUT2D eigenvalue weighted by atomic mass is 16.6. The van der Waals surface area contributed by atoms with E-state index in [4.69, 9.17) is 9.47 Å². The molecule has 53 heavy (non-hydrogen) atoms. The summed E-state index contributed by atoms with van der Waals surface area (Å²) in [7, 11) is 1.88. The largest absolute Gasteiger partial charge is 0.507 e. The van der Waals surface area contributed by atoms with E-state index in [9.17, 15) is 24.3 Å². The van der Waals surface area contributed by atoms with Crippen LogP contribution in [0.15, 0.2) is 54.7 Å². The molecule has 1 aromatic heterocycles. The van der Waals surface area contributed by atoms with Crippen molar-refractivity contribution >= 4 is 35.9 Å². The standard InChI is InChI=1S/C40H52N6O7/c1-27(2)52-39(50)32-10-11-36(42-25-32)43-18-20-44(21-19-43)38(49)35(24-30-22-28(3)37(48)29(4)23-30)53-40(51)45-16-13-33(14-17-45)46(26-47)15-12-31-8-6-7-9-34(31)41-5/h6-11,22-23,25-27,33,35,41,48H,12-21,24H2,1-5H3/t35-/m1/s1. The summed E-state index contributed by atoms with van der Waals surface area (Å²) in [5.41, 5.74) is 4.68. The number of ether oxygens (including phenoxy) is 2. The fraction of sp³-hybridized carbons (Fsp3) is 0.475. The molecule has 2 aliphatic heterocycles. The highest BCUT2D eigenvalue weighted by Gasteiger charge is 2.34. The van der Waals surface area contributed by atoms with Gasteiger partial charge in [0, 0.05) is 77.2 Å². The predicted octanol–water partition coefficient (Wildman–Crippen LogP) is 4.57. The van der Waals surface area contributed by atoms with Crippen LogP contribution in [0.1, 0.15) is 59.3 Å². The molecular weight excluding hydrogens is 676 g/mol. The number of anilines is 2. The van der Waals surface area contributed by atoms with Gasteiger partial charge < -0.3 is 39.5 Å². The SMILES string of the molecule is CNc1ccccc1CCN(C=O)C1CCN(C(=O)O[C@H](Cc2cc(C)c(O)c(C)c2)C(=O)N2CCN(c3ccc(C(=O)OC(C)C)cn3)CC2)CC1. The average Bonchev–Trinajstić information content (AvgIpc) is 3.16. The molecule has 5 rings (SSSR count). The number of hydrogen-bond donors (Lipinski definition) is 2. The number of carbonyl (C=O) groups excluding carboxylic acids is 4. The van der Waals surface area contributed by atoms with Crippen molar-refractivity contribution in [1.29, 1.82) is 0 Å². The number of pyridine rings is 1. The van der Waals surface area contributed by atoms with Gasteiger partial charge in [-0.1, -0.05) is 30.3 Å². The van der Waals surface area contributed by atoms with Crippen LogP contribution in [0.2, 0.25) is 0 Å². The van der Waals surface area contributed by atoms with E-state index < -0.39 is 18.2 Å². The van der Waals surface area contributed by atoms with Crippen molar-refractivity contribution in [2.75, 3.05) is 63.1 Å². The maximum atomic E-state index is 14.1. The zero-order valence-corrected chi connectivity index (χ0v) is 31.4. The van der Waals surface area contributed by atoms with Crippen molar-refractivity contribution in [2.45, 2.75) is 71.6 Å². The quantitative estimate of drug-likeness (QED) is 0.190. The number of hydrogen-bond acceptors (Lipinski definition) is 10. The number of phenolic OH excluding ortho intramolecular Hbond substituents is 1. The van der Waals surface area contributed by atoms with E-state index in [2.05, 4.69) is 16.4 Å². The van der Waals surface area contributed by atoms with E-state index in [1.807, 2.05) is 47.2 Å². The monoisotopic (exact) mass is 728 g/mol. The summed E-state index contributed by atoms with van der Waals surface area (Å²) in [6, 6.07) is 15.1. The lowest BCUT2D eigenvalue weighted by molar-refractivity contribution is -0.141. The van der Waals surface area contributed by atoms with Crippen LogP contribution in [0, 0.1) is 13.8 Å². The summed E-state index contributed by atoms with van der Waals surface area (Å²) >= 11 is 0. The van der Waals surface area contributed by atoms with Gasteiger partial charge in [-0.15, -0.1) is 0 Å². The maximum absolute atomic E-state index is 14.1. The predicted molar refractivity (Wildman–Crippen MR) is 202 cm³/mol. The Morgan fingerprint density at radius 3 is 2.25 bits per heavy atom. The summed E-state index contributed by atoms with van der Waals surface area (Å²) in [6.45, 7) is 10.4. The van der Waals surface area contributed by atoms with E-state index in [0.29, 0.717) is 87.6 Å². The molecule has 0 radical (unpaired) electrons. The molecule has 3 heterocycles. The molecule has 2 saturated heterocycles. The number of rotatable bonds is 13. The Kier molecular flexibility index (Phi) is 13.2. The van der Waals surface area contributed by atoms with Gasteiger partial charge in [-0.3, -0.25) is 9.59 Å². The average molecular weight is 729 g/mol. The van der Waals surface area contributed by atoms with Crippen molar-refractivity contribution in [2.24, 2.45) is 0 Å². The molecule has 13 heteroatoms. The minimum atomic E-state index is -1.07. The second kappa shape index (κ2) is 17.9. The summed E-state index contributed by atoms with van der Waals surface area (Å²) in [5.74, 6) is 0.172. The minimum Gasteiger partial charge on any atom is -0.507 e. The van der Waals surface area contributed by atoms with Gasteiger partial charge in [0.25, 0.3) is 5.91 Å². The lowest BCUT2D eigenvalue weighted by atomic mass is 10.0. The van der Waals surface area contributed by atoms with Crippen LogP contribution >= 0.6 is 0 Å². The van der Waals surface area contributed by atoms with Crippen LogP contribution in [0.5, 0.6) is 5.75 Å². The lowest BCUT2D eigenvalue weighted by Gasteiger charge is -2.38. The molecule has 13 nitrogen and oxygen atoms in total. The third kappa shape index (κ3) is 9.97. The third-order valence-corrected chi connectivity index (χ3v) is 9.99. The molecule has 2 N–H and O–H groups in total. The first-order chi connectivity index (χ1) is 25.5. The van der Waals surface area contributed by atoms with Crippen molar-refractivity contribution in [3.8, 4) is 5.75 Å². The molecule has 3 aromatic rings. The summed E-state index contributed by atoms with van der Waals surface area (Å²) in [4.78, 5) is 63.7. The molecule has 3 amide bonds. The van der Waals surface area contributed by atoms with Crippen LogP contribution in [0.25, 0.3) is 0 Å². The molecule has 0 unspecified atom stereocenters. The van der Waals surface area contributed by atoms with Gasteiger partial charge in [-0.25, -0.2) is 14.6 Å². The van der Waals surface area contributed by atoms with E-state index in [-0.39, 0.29) is 30.2 Å². The summed E-state index contributed by atoms with van der Waals surface area (Å²) in [6.07, 6.45) is 2.61. The number of likely N-dealkylation sites (tertiary alicyclic amines) is 1. The number of esters is 1. The Balaban J connectivity index is 1.20. The second-order valence-electron chi connectivity index (χ2n) is 14.0. The van der Waals surface area contributed by atoms with Gasteiger partial charge in [0.15, 0.2) is 6.10 Å². The van der Waals surface area contributed by atoms with Crippen LogP contribution in [0.4, 0.5) is 16.3 Å². The number of piperazine rings is 1. The Labute approximate surface area is 311 Å². The normalized spacial score (nSPS) is 15.5. The van der Waals surface area contributed by atoms with Gasteiger partial charge in [0.1, 0.15) is 11.6 Å². The zero-order chi connectivity index (χ0) is 38.1. The molecular formula is C40H52N6O7. The van der Waals surface area contributed by atoms with Crippen LogP contribution in [0.3, 0.4) is 0 Å². The number of nitrogens with zero attached hydrogens (tertiary/aromatic N) is 5. The van der Waals surface area contributed by atoms with E-state index in [1.165, 1.54) is 6.20 Å². The molecule has 2 aromatic carbocycles.